The highest BCUT2D eigenvalue weighted by Crippen LogP contribution is 2.31. The summed E-state index contributed by atoms with van der Waals surface area (Å²) in [5, 5.41) is 25.1. The lowest BCUT2D eigenvalue weighted by Crippen LogP contribution is -2.17. The molecule has 0 aliphatic rings. The number of para-hydroxylation sites is 2. The maximum Gasteiger partial charge on any atom is 0.337 e. The summed E-state index contributed by atoms with van der Waals surface area (Å²) in [6.45, 7) is 0. The van der Waals surface area contributed by atoms with E-state index < -0.39 is 11.9 Å². The zero-order chi connectivity index (χ0) is 32.9. The van der Waals surface area contributed by atoms with Crippen LogP contribution in [0.15, 0.2) is 93.6 Å². The molecule has 2 aromatic heterocycles. The number of thioether (sulfide) groups is 2. The minimum Gasteiger partial charge on any atom is -0.478 e. The number of aromatic carboxylic acids is 2. The molecule has 0 saturated carbocycles. The number of nitrogens with one attached hydrogen (secondary N) is 2. The Hall–Kier alpha value is -4.76. The van der Waals surface area contributed by atoms with Crippen molar-refractivity contribution in [2.24, 2.45) is 0 Å². The molecule has 0 spiro atoms. The average molecular weight is 701 g/mol. The monoisotopic (exact) mass is 700 g/mol. The van der Waals surface area contributed by atoms with Gasteiger partial charge < -0.3 is 20.8 Å². The maximum atomic E-state index is 12.7. The van der Waals surface area contributed by atoms with Crippen LogP contribution in [0.2, 0.25) is 0 Å². The molecule has 10 nitrogen and oxygen atoms in total. The second-order valence-electron chi connectivity index (χ2n) is 10.1. The molecule has 47 heavy (non-hydrogen) atoms. The van der Waals surface area contributed by atoms with Gasteiger partial charge >= 0.3 is 11.9 Å². The van der Waals surface area contributed by atoms with E-state index in [0.29, 0.717) is 11.1 Å². The number of hydrogen-bond donors (Lipinski definition) is 4. The number of carbonyl (C=O) groups excluding carboxylic acids is 2. The van der Waals surface area contributed by atoms with Gasteiger partial charge in [-0.15, -0.1) is 22.7 Å². The summed E-state index contributed by atoms with van der Waals surface area (Å²) < 4.78 is 3.52. The number of amides is 2. The number of benzene rings is 4. The molecule has 0 aliphatic carbocycles. The number of thiazole rings is 2. The third kappa shape index (κ3) is 7.97. The van der Waals surface area contributed by atoms with Gasteiger partial charge in [0.1, 0.15) is 0 Å². The molecule has 4 N–H and O–H groups in total. The van der Waals surface area contributed by atoms with Crippen molar-refractivity contribution in [2.75, 3.05) is 22.1 Å². The van der Waals surface area contributed by atoms with E-state index in [1.165, 1.54) is 70.5 Å². The molecule has 2 amide bonds. The van der Waals surface area contributed by atoms with E-state index in [-0.39, 0.29) is 52.2 Å². The highest BCUT2D eigenvalue weighted by molar-refractivity contribution is 8.02. The van der Waals surface area contributed by atoms with Crippen molar-refractivity contribution in [3.8, 4) is 0 Å². The molecule has 0 unspecified atom stereocenters. The van der Waals surface area contributed by atoms with Crippen molar-refractivity contribution < 1.29 is 29.4 Å². The predicted octanol–water partition coefficient (Wildman–Crippen LogP) is 7.35. The van der Waals surface area contributed by atoms with Gasteiger partial charge in [0, 0.05) is 0 Å². The number of anilines is 2. The molecular weight excluding hydrogens is 677 g/mol. The lowest BCUT2D eigenvalue weighted by molar-refractivity contribution is -0.114. The zero-order valence-corrected chi connectivity index (χ0v) is 27.5. The largest absolute Gasteiger partial charge is 0.478 e. The van der Waals surface area contributed by atoms with Gasteiger partial charge in [-0.25, -0.2) is 19.6 Å². The molecule has 14 heteroatoms. The summed E-state index contributed by atoms with van der Waals surface area (Å²) >= 11 is 5.51. The van der Waals surface area contributed by atoms with Gasteiger partial charge in [0.25, 0.3) is 0 Å². The molecule has 0 fully saturated rings. The first-order chi connectivity index (χ1) is 22.7. The third-order valence-corrected chi connectivity index (χ3v) is 11.1. The summed E-state index contributed by atoms with van der Waals surface area (Å²) in [4.78, 5) is 58.5. The van der Waals surface area contributed by atoms with Crippen LogP contribution in [0.4, 0.5) is 11.4 Å². The second kappa shape index (κ2) is 14.3. The third-order valence-electron chi connectivity index (χ3n) is 6.79. The van der Waals surface area contributed by atoms with Crippen molar-refractivity contribution in [1.82, 2.24) is 9.97 Å². The van der Waals surface area contributed by atoms with Crippen LogP contribution in [0.5, 0.6) is 0 Å². The molecular formula is C33H24N4O6S4. The Morgan fingerprint density at radius 1 is 0.617 bits per heavy atom. The average Bonchev–Trinajstić information content (AvgIpc) is 3.68. The van der Waals surface area contributed by atoms with Gasteiger partial charge in [0.05, 0.1) is 54.4 Å². The number of carboxylic acids is 2. The fraction of sp³-hybridized carbons (Fsp3) is 0.0909. The normalized spacial score (nSPS) is 11.1. The summed E-state index contributed by atoms with van der Waals surface area (Å²) in [7, 11) is 0. The number of rotatable bonds is 12. The van der Waals surface area contributed by atoms with Gasteiger partial charge in [-0.2, -0.15) is 0 Å². The van der Waals surface area contributed by atoms with Crippen LogP contribution >= 0.6 is 46.2 Å². The van der Waals surface area contributed by atoms with Crippen molar-refractivity contribution in [3.05, 3.63) is 107 Å². The first-order valence-corrected chi connectivity index (χ1v) is 17.6. The molecule has 6 aromatic rings. The molecule has 0 atom stereocenters. The molecule has 0 aliphatic heterocycles. The molecule has 4 aromatic carbocycles. The highest BCUT2D eigenvalue weighted by Gasteiger charge is 2.18. The van der Waals surface area contributed by atoms with Crippen LogP contribution in [0.1, 0.15) is 31.8 Å². The zero-order valence-electron chi connectivity index (χ0n) is 24.3. The molecule has 236 valence electrons. The van der Waals surface area contributed by atoms with Gasteiger partial charge in [-0.1, -0.05) is 59.9 Å². The number of hydrogen-bond acceptors (Lipinski definition) is 10. The van der Waals surface area contributed by atoms with Crippen molar-refractivity contribution in [2.45, 2.75) is 15.1 Å². The lowest BCUT2D eigenvalue weighted by Gasteiger charge is -2.12. The van der Waals surface area contributed by atoms with Gasteiger partial charge in [0.2, 0.25) is 11.8 Å². The first-order valence-electron chi connectivity index (χ1n) is 14.0. The summed E-state index contributed by atoms with van der Waals surface area (Å²) in [5.41, 5.74) is 3.05. The fourth-order valence-electron chi connectivity index (χ4n) is 4.66. The second-order valence-corrected chi connectivity index (χ2v) is 14.6. The van der Waals surface area contributed by atoms with Gasteiger partial charge in [0.15, 0.2) is 8.68 Å². The van der Waals surface area contributed by atoms with Crippen LogP contribution in [0.3, 0.4) is 0 Å². The Balaban J connectivity index is 1.09. The Kier molecular flexibility index (Phi) is 9.82. The van der Waals surface area contributed by atoms with Crippen molar-refractivity contribution in [1.29, 1.82) is 0 Å². The van der Waals surface area contributed by atoms with Gasteiger partial charge in [-0.05, 0) is 66.1 Å². The fourth-order valence-corrected chi connectivity index (χ4v) is 8.40. The Bertz CT molecular complexity index is 1940. The van der Waals surface area contributed by atoms with E-state index in [9.17, 15) is 29.4 Å². The van der Waals surface area contributed by atoms with Gasteiger partial charge in [-0.3, -0.25) is 9.59 Å². The summed E-state index contributed by atoms with van der Waals surface area (Å²) in [6.07, 6.45) is 0.226. The molecule has 0 saturated heterocycles. The number of nitrogens with zero attached hydrogens (tertiary/aromatic N) is 2. The number of fused-ring (bicyclic) bond motifs is 2. The quantitative estimate of drug-likeness (QED) is 0.0951. The SMILES string of the molecule is O=C(CSc1nc2ccccc2s1)Nc1ccc(Cc2ccc(NC(=O)CSc3nc4ccccc4s3)c(C(=O)O)c2)cc1C(=O)O. The first kappa shape index (κ1) is 32.2. The van der Waals surface area contributed by atoms with Crippen LogP contribution in [0, 0.1) is 0 Å². The highest BCUT2D eigenvalue weighted by atomic mass is 32.2. The Morgan fingerprint density at radius 2 is 1.04 bits per heavy atom. The van der Waals surface area contributed by atoms with Crippen LogP contribution < -0.4 is 10.6 Å². The van der Waals surface area contributed by atoms with Crippen LogP contribution in [0.25, 0.3) is 20.4 Å². The predicted molar refractivity (Wildman–Crippen MR) is 188 cm³/mol. The van der Waals surface area contributed by atoms with Crippen LogP contribution in [-0.4, -0.2) is 55.4 Å². The number of carbonyl (C=O) groups is 4. The number of aromatic nitrogens is 2. The maximum absolute atomic E-state index is 12.7. The molecule has 0 bridgehead atoms. The Labute approximate surface area is 284 Å². The van der Waals surface area contributed by atoms with Crippen LogP contribution in [-0.2, 0) is 16.0 Å². The van der Waals surface area contributed by atoms with E-state index in [1.54, 1.807) is 12.1 Å². The lowest BCUT2D eigenvalue weighted by atomic mass is 9.99. The minimum atomic E-state index is -1.21. The smallest absolute Gasteiger partial charge is 0.337 e. The number of carboxylic acid groups (broad SMARTS) is 2. The Morgan fingerprint density at radius 3 is 1.45 bits per heavy atom. The van der Waals surface area contributed by atoms with E-state index in [0.717, 1.165) is 29.1 Å². The molecule has 0 radical (unpaired) electrons. The molecule has 2 heterocycles. The van der Waals surface area contributed by atoms with Crippen molar-refractivity contribution in [3.63, 3.8) is 0 Å². The van der Waals surface area contributed by atoms with E-state index >= 15 is 0 Å². The minimum absolute atomic E-state index is 0.0577. The molecule has 6 rings (SSSR count). The standard InChI is InChI=1S/C33H24N4O6S4/c38-28(16-44-32-36-24-5-1-3-7-26(24)46-32)34-22-11-9-18(14-20(22)30(40)41)13-19-10-12-23(21(15-19)31(42)43)35-29(39)17-45-33-37-25-6-2-4-8-27(25)47-33/h1-12,14-15H,13,16-17H2,(H,34,38)(H,35,39)(H,40,41)(H,42,43). The van der Waals surface area contributed by atoms with E-state index in [2.05, 4.69) is 20.6 Å². The van der Waals surface area contributed by atoms with Crippen molar-refractivity contribution >= 4 is 102 Å². The summed E-state index contributed by atoms with van der Waals surface area (Å²) in [6, 6.07) is 24.7. The topological polar surface area (TPSA) is 159 Å². The van der Waals surface area contributed by atoms with E-state index in [4.69, 9.17) is 0 Å². The van der Waals surface area contributed by atoms with E-state index in [1.807, 2.05) is 48.5 Å². The summed E-state index contributed by atoms with van der Waals surface area (Å²) in [5.74, 6) is -3.05.